The van der Waals surface area contributed by atoms with Crippen LogP contribution in [0.1, 0.15) is 5.56 Å². The Hall–Kier alpha value is -5.30. The second-order valence-corrected chi connectivity index (χ2v) is 9.43. The molecule has 0 fully saturated rings. The Kier molecular flexibility index (Phi) is 5.41. The predicted molar refractivity (Wildman–Crippen MR) is 153 cm³/mol. The van der Waals surface area contributed by atoms with Crippen LogP contribution in [0.3, 0.4) is 0 Å². The molecule has 7 nitrogen and oxygen atoms in total. The van der Waals surface area contributed by atoms with Crippen LogP contribution in [0.15, 0.2) is 109 Å². The SMILES string of the molecule is COc1ccc2c(c1)cc(-c1nc(-c3ccccc3)c(-c3ccccc3)n1-c1ccc(C)cc1)c1nnnn12. The maximum Gasteiger partial charge on any atom is 0.190 e. The number of pyridine rings is 1. The molecule has 0 bridgehead atoms. The molecule has 0 aliphatic rings. The highest BCUT2D eigenvalue weighted by molar-refractivity contribution is 5.93. The molecule has 188 valence electrons. The van der Waals surface area contributed by atoms with Gasteiger partial charge in [0.2, 0.25) is 0 Å². The first-order valence-corrected chi connectivity index (χ1v) is 12.7. The third-order valence-corrected chi connectivity index (χ3v) is 6.98. The van der Waals surface area contributed by atoms with Crippen LogP contribution in [-0.2, 0) is 0 Å². The molecule has 0 aliphatic heterocycles. The maximum atomic E-state index is 5.52. The molecule has 4 aromatic carbocycles. The zero-order chi connectivity index (χ0) is 26.3. The summed E-state index contributed by atoms with van der Waals surface area (Å²) in [6, 6.07) is 37.1. The number of nitrogens with zero attached hydrogens (tertiary/aromatic N) is 6. The molecule has 0 saturated carbocycles. The van der Waals surface area contributed by atoms with Gasteiger partial charge in [0.1, 0.15) is 11.6 Å². The van der Waals surface area contributed by atoms with Crippen molar-refractivity contribution in [1.82, 2.24) is 29.6 Å². The summed E-state index contributed by atoms with van der Waals surface area (Å²) in [5, 5.41) is 13.7. The van der Waals surface area contributed by atoms with E-state index in [9.17, 15) is 0 Å². The molecular formula is C32H24N6O. The zero-order valence-corrected chi connectivity index (χ0v) is 21.5. The van der Waals surface area contributed by atoms with E-state index in [2.05, 4.69) is 93.7 Å². The first-order valence-electron chi connectivity index (χ1n) is 12.7. The van der Waals surface area contributed by atoms with Gasteiger partial charge in [-0.15, -0.1) is 5.10 Å². The van der Waals surface area contributed by atoms with Gasteiger partial charge in [-0.1, -0.05) is 78.4 Å². The lowest BCUT2D eigenvalue weighted by molar-refractivity contribution is 0.415. The van der Waals surface area contributed by atoms with Crippen LogP contribution in [0.5, 0.6) is 5.75 Å². The van der Waals surface area contributed by atoms with Gasteiger partial charge in [0.15, 0.2) is 5.65 Å². The number of tetrazole rings is 1. The third kappa shape index (κ3) is 3.83. The number of methoxy groups -OCH3 is 1. The number of fused-ring (bicyclic) bond motifs is 3. The minimum atomic E-state index is 0.630. The Balaban J connectivity index is 1.63. The number of aromatic nitrogens is 6. The minimum Gasteiger partial charge on any atom is -0.497 e. The normalized spacial score (nSPS) is 11.3. The van der Waals surface area contributed by atoms with Crippen molar-refractivity contribution in [2.45, 2.75) is 6.92 Å². The van der Waals surface area contributed by atoms with Gasteiger partial charge in [0, 0.05) is 22.2 Å². The standard InChI is InChI=1S/C32H24N6O/c1-21-13-15-25(16-14-21)37-30(23-11-7-4-8-12-23)29(22-9-5-3-6-10-22)33-31(37)27-20-24-19-26(39-2)17-18-28(24)38-32(27)34-35-36-38/h3-20H,1-2H3. The Morgan fingerprint density at radius 3 is 2.18 bits per heavy atom. The van der Waals surface area contributed by atoms with Crippen LogP contribution in [-0.4, -0.2) is 36.7 Å². The van der Waals surface area contributed by atoms with Crippen LogP contribution in [0, 0.1) is 6.92 Å². The molecule has 7 rings (SSSR count). The maximum absolute atomic E-state index is 5.52. The summed E-state index contributed by atoms with van der Waals surface area (Å²) < 4.78 is 9.50. The van der Waals surface area contributed by atoms with E-state index >= 15 is 0 Å². The third-order valence-electron chi connectivity index (χ3n) is 6.98. The van der Waals surface area contributed by atoms with Crippen molar-refractivity contribution in [2.75, 3.05) is 7.11 Å². The van der Waals surface area contributed by atoms with Gasteiger partial charge in [-0.05, 0) is 53.7 Å². The highest BCUT2D eigenvalue weighted by atomic mass is 16.5. The van der Waals surface area contributed by atoms with E-state index in [0.29, 0.717) is 5.65 Å². The molecule has 0 saturated heterocycles. The fourth-order valence-electron chi connectivity index (χ4n) is 5.08. The molecule has 0 spiro atoms. The van der Waals surface area contributed by atoms with E-state index in [1.165, 1.54) is 5.56 Å². The van der Waals surface area contributed by atoms with Crippen molar-refractivity contribution in [1.29, 1.82) is 0 Å². The van der Waals surface area contributed by atoms with Crippen molar-refractivity contribution in [3.05, 3.63) is 115 Å². The Labute approximate surface area is 225 Å². The summed E-state index contributed by atoms with van der Waals surface area (Å²) in [7, 11) is 1.67. The zero-order valence-electron chi connectivity index (χ0n) is 21.5. The summed E-state index contributed by atoms with van der Waals surface area (Å²) in [6.45, 7) is 2.09. The summed E-state index contributed by atoms with van der Waals surface area (Å²) in [5.74, 6) is 1.51. The first-order chi connectivity index (χ1) is 19.2. The highest BCUT2D eigenvalue weighted by Gasteiger charge is 2.25. The molecule has 0 atom stereocenters. The van der Waals surface area contributed by atoms with Gasteiger partial charge in [-0.2, -0.15) is 4.52 Å². The second kappa shape index (κ2) is 9.22. The van der Waals surface area contributed by atoms with Gasteiger partial charge in [0.25, 0.3) is 0 Å². The summed E-state index contributed by atoms with van der Waals surface area (Å²) in [6.07, 6.45) is 0. The minimum absolute atomic E-state index is 0.630. The molecule has 0 N–H and O–H groups in total. The Morgan fingerprint density at radius 2 is 1.46 bits per heavy atom. The van der Waals surface area contributed by atoms with E-state index in [4.69, 9.17) is 9.72 Å². The summed E-state index contributed by atoms with van der Waals surface area (Å²) in [4.78, 5) is 5.33. The van der Waals surface area contributed by atoms with Crippen LogP contribution in [0.4, 0.5) is 0 Å². The molecule has 0 radical (unpaired) electrons. The average Bonchev–Trinajstić information content (AvgIpc) is 3.64. The summed E-state index contributed by atoms with van der Waals surface area (Å²) in [5.41, 5.74) is 8.50. The second-order valence-electron chi connectivity index (χ2n) is 9.43. The van der Waals surface area contributed by atoms with Crippen molar-refractivity contribution < 1.29 is 4.74 Å². The van der Waals surface area contributed by atoms with E-state index < -0.39 is 0 Å². The number of aryl methyl sites for hydroxylation is 1. The Bertz CT molecular complexity index is 1940. The fraction of sp³-hybridized carbons (Fsp3) is 0.0625. The first kappa shape index (κ1) is 22.9. The lowest BCUT2D eigenvalue weighted by Crippen LogP contribution is -2.02. The molecule has 3 heterocycles. The molecular weight excluding hydrogens is 484 g/mol. The number of benzene rings is 4. The van der Waals surface area contributed by atoms with E-state index in [1.807, 2.05) is 42.5 Å². The summed E-state index contributed by atoms with van der Waals surface area (Å²) >= 11 is 0. The number of ether oxygens (including phenoxy) is 1. The van der Waals surface area contributed by atoms with Crippen molar-refractivity contribution in [3.8, 4) is 45.3 Å². The number of hydrogen-bond acceptors (Lipinski definition) is 5. The van der Waals surface area contributed by atoms with Gasteiger partial charge in [-0.3, -0.25) is 4.57 Å². The lowest BCUT2D eigenvalue weighted by Gasteiger charge is -2.15. The van der Waals surface area contributed by atoms with E-state index in [-0.39, 0.29) is 0 Å². The Morgan fingerprint density at radius 1 is 0.744 bits per heavy atom. The van der Waals surface area contributed by atoms with E-state index in [1.54, 1.807) is 11.6 Å². The number of hydrogen-bond donors (Lipinski definition) is 0. The van der Waals surface area contributed by atoms with Crippen molar-refractivity contribution >= 4 is 16.6 Å². The molecule has 0 unspecified atom stereocenters. The number of rotatable bonds is 5. The smallest absolute Gasteiger partial charge is 0.190 e. The fourth-order valence-corrected chi connectivity index (χ4v) is 5.08. The molecule has 39 heavy (non-hydrogen) atoms. The molecule has 0 aliphatic carbocycles. The van der Waals surface area contributed by atoms with Crippen molar-refractivity contribution in [3.63, 3.8) is 0 Å². The molecule has 7 heteroatoms. The van der Waals surface area contributed by atoms with Crippen LogP contribution >= 0.6 is 0 Å². The van der Waals surface area contributed by atoms with Gasteiger partial charge >= 0.3 is 0 Å². The topological polar surface area (TPSA) is 70.1 Å². The van der Waals surface area contributed by atoms with Crippen LogP contribution in [0.25, 0.3) is 56.1 Å². The lowest BCUT2D eigenvalue weighted by atomic mass is 10.0. The highest BCUT2D eigenvalue weighted by Crippen LogP contribution is 2.40. The van der Waals surface area contributed by atoms with Crippen LogP contribution < -0.4 is 4.74 Å². The number of imidazole rings is 1. The van der Waals surface area contributed by atoms with Crippen molar-refractivity contribution in [2.24, 2.45) is 0 Å². The predicted octanol–water partition coefficient (Wildman–Crippen LogP) is 6.78. The van der Waals surface area contributed by atoms with Crippen LogP contribution in [0.2, 0.25) is 0 Å². The monoisotopic (exact) mass is 508 g/mol. The molecule has 3 aromatic heterocycles. The van der Waals surface area contributed by atoms with Gasteiger partial charge < -0.3 is 4.74 Å². The molecule has 0 amide bonds. The van der Waals surface area contributed by atoms with Gasteiger partial charge in [0.05, 0.1) is 29.6 Å². The quantitative estimate of drug-likeness (QED) is 0.256. The molecule has 7 aromatic rings. The largest absolute Gasteiger partial charge is 0.497 e. The average molecular weight is 509 g/mol. The van der Waals surface area contributed by atoms with E-state index in [0.717, 1.165) is 56.2 Å². The van der Waals surface area contributed by atoms with Gasteiger partial charge in [-0.25, -0.2) is 4.98 Å².